The van der Waals surface area contributed by atoms with Gasteiger partial charge in [0.15, 0.2) is 5.76 Å². The van der Waals surface area contributed by atoms with Crippen molar-refractivity contribution < 1.29 is 23.9 Å². The van der Waals surface area contributed by atoms with Crippen molar-refractivity contribution in [3.8, 4) is 0 Å². The second-order valence-electron chi connectivity index (χ2n) is 3.85. The lowest BCUT2D eigenvalue weighted by molar-refractivity contribution is -0.141. The van der Waals surface area contributed by atoms with Crippen LogP contribution in [-0.4, -0.2) is 35.5 Å². The molecule has 0 aromatic carbocycles. The first-order valence-corrected chi connectivity index (χ1v) is 5.88. The summed E-state index contributed by atoms with van der Waals surface area (Å²) >= 11 is 0. The molecule has 3 N–H and O–H groups in total. The molecule has 1 rings (SSSR count). The first kappa shape index (κ1) is 14.7. The molecule has 0 aliphatic rings. The van der Waals surface area contributed by atoms with Crippen molar-refractivity contribution in [2.24, 2.45) is 0 Å². The van der Waals surface area contributed by atoms with Crippen molar-refractivity contribution in [3.05, 3.63) is 24.2 Å². The fraction of sp³-hybridized carbons (Fsp3) is 0.417. The largest absolute Gasteiger partial charge is 0.480 e. The summed E-state index contributed by atoms with van der Waals surface area (Å²) in [5, 5.41) is 13.6. The predicted octanol–water partition coefficient (Wildman–Crippen LogP) is 0.379. The van der Waals surface area contributed by atoms with Crippen LogP contribution >= 0.6 is 0 Å². The van der Waals surface area contributed by atoms with Crippen LogP contribution in [0.5, 0.6) is 0 Å². The highest BCUT2D eigenvalue weighted by Crippen LogP contribution is 1.99. The van der Waals surface area contributed by atoms with Crippen molar-refractivity contribution in [3.63, 3.8) is 0 Å². The Bertz CT molecular complexity index is 441. The minimum absolute atomic E-state index is 0.0101. The van der Waals surface area contributed by atoms with Gasteiger partial charge in [0, 0.05) is 13.0 Å². The van der Waals surface area contributed by atoms with E-state index in [1.807, 2.05) is 0 Å². The lowest BCUT2D eigenvalue weighted by atomic mass is 10.2. The van der Waals surface area contributed by atoms with Crippen LogP contribution in [0.3, 0.4) is 0 Å². The van der Waals surface area contributed by atoms with Crippen molar-refractivity contribution >= 4 is 17.8 Å². The molecule has 1 heterocycles. The van der Waals surface area contributed by atoms with Gasteiger partial charge in [-0.3, -0.25) is 9.59 Å². The lowest BCUT2D eigenvalue weighted by Crippen LogP contribution is -2.41. The molecule has 1 aromatic heterocycles. The second kappa shape index (κ2) is 7.20. The average molecular weight is 268 g/mol. The van der Waals surface area contributed by atoms with Gasteiger partial charge in [-0.1, -0.05) is 6.92 Å². The van der Waals surface area contributed by atoms with Gasteiger partial charge >= 0.3 is 5.97 Å². The zero-order valence-corrected chi connectivity index (χ0v) is 10.5. The maximum absolute atomic E-state index is 11.4. The Morgan fingerprint density at radius 1 is 1.42 bits per heavy atom. The first-order valence-electron chi connectivity index (χ1n) is 5.88. The molecule has 0 fully saturated rings. The van der Waals surface area contributed by atoms with Crippen LogP contribution in [0, 0.1) is 0 Å². The van der Waals surface area contributed by atoms with Gasteiger partial charge in [-0.2, -0.15) is 0 Å². The van der Waals surface area contributed by atoms with E-state index in [2.05, 4.69) is 10.6 Å². The quantitative estimate of drug-likeness (QED) is 0.662. The number of carbonyl (C=O) groups is 3. The number of amides is 2. The smallest absolute Gasteiger partial charge is 0.326 e. The van der Waals surface area contributed by atoms with Gasteiger partial charge in [-0.15, -0.1) is 0 Å². The number of carboxylic acids is 1. The topological polar surface area (TPSA) is 109 Å². The number of aliphatic carboxylic acids is 1. The molecule has 0 spiro atoms. The summed E-state index contributed by atoms with van der Waals surface area (Å²) in [6.07, 6.45) is 1.69. The maximum Gasteiger partial charge on any atom is 0.326 e. The molecule has 7 nitrogen and oxygen atoms in total. The molecule has 0 unspecified atom stereocenters. The van der Waals surface area contributed by atoms with E-state index in [-0.39, 0.29) is 18.7 Å². The van der Waals surface area contributed by atoms with E-state index in [1.54, 1.807) is 13.0 Å². The monoisotopic (exact) mass is 268 g/mol. The van der Waals surface area contributed by atoms with E-state index in [9.17, 15) is 14.4 Å². The second-order valence-corrected chi connectivity index (χ2v) is 3.85. The summed E-state index contributed by atoms with van der Waals surface area (Å²) in [5.41, 5.74) is 0. The summed E-state index contributed by atoms with van der Waals surface area (Å²) in [4.78, 5) is 33.6. The molecule has 2 amide bonds. The standard InChI is InChI=1S/C12H16N2O5/c1-2-8(12(17)18)14-10(15)5-6-13-11(16)9-4-3-7-19-9/h3-4,7-8H,2,5-6H2,1H3,(H,13,16)(H,14,15)(H,17,18)/t8-/m0/s1. The Labute approximate surface area is 110 Å². The summed E-state index contributed by atoms with van der Waals surface area (Å²) in [5.74, 6) is -1.75. The SMILES string of the molecule is CC[C@H](NC(=O)CCNC(=O)c1ccco1)C(=O)O. The average Bonchev–Trinajstić information content (AvgIpc) is 2.89. The zero-order chi connectivity index (χ0) is 14.3. The van der Waals surface area contributed by atoms with Gasteiger partial charge in [-0.25, -0.2) is 4.79 Å². The third-order valence-electron chi connectivity index (χ3n) is 2.42. The summed E-state index contributed by atoms with van der Waals surface area (Å²) in [7, 11) is 0. The fourth-order valence-electron chi connectivity index (χ4n) is 1.39. The number of carbonyl (C=O) groups excluding carboxylic acids is 2. The molecule has 7 heteroatoms. The molecule has 0 saturated heterocycles. The number of furan rings is 1. The minimum Gasteiger partial charge on any atom is -0.480 e. The third-order valence-corrected chi connectivity index (χ3v) is 2.42. The summed E-state index contributed by atoms with van der Waals surface area (Å²) in [6.45, 7) is 1.78. The van der Waals surface area contributed by atoms with Crippen molar-refractivity contribution in [2.45, 2.75) is 25.8 Å². The molecule has 0 saturated carbocycles. The van der Waals surface area contributed by atoms with Gasteiger partial charge in [0.05, 0.1) is 6.26 Å². The molecule has 0 aliphatic heterocycles. The molecule has 0 aliphatic carbocycles. The van der Waals surface area contributed by atoms with Crippen LogP contribution in [0.25, 0.3) is 0 Å². The van der Waals surface area contributed by atoms with Gasteiger partial charge in [0.1, 0.15) is 6.04 Å². The van der Waals surface area contributed by atoms with Gasteiger partial charge < -0.3 is 20.2 Å². The van der Waals surface area contributed by atoms with E-state index in [0.717, 1.165) is 0 Å². The van der Waals surface area contributed by atoms with E-state index in [1.165, 1.54) is 12.3 Å². The Balaban J connectivity index is 2.27. The number of hydrogen-bond donors (Lipinski definition) is 3. The molecule has 19 heavy (non-hydrogen) atoms. The van der Waals surface area contributed by atoms with Crippen molar-refractivity contribution in [1.29, 1.82) is 0 Å². The van der Waals surface area contributed by atoms with Gasteiger partial charge in [0.2, 0.25) is 5.91 Å². The number of nitrogens with one attached hydrogen (secondary N) is 2. The van der Waals surface area contributed by atoms with Crippen LogP contribution in [0.2, 0.25) is 0 Å². The molecule has 0 radical (unpaired) electrons. The summed E-state index contributed by atoms with van der Waals surface area (Å²) < 4.78 is 4.88. The number of hydrogen-bond acceptors (Lipinski definition) is 4. The lowest BCUT2D eigenvalue weighted by Gasteiger charge is -2.12. The number of rotatable bonds is 7. The van der Waals surface area contributed by atoms with Gasteiger partial charge in [-0.05, 0) is 18.6 Å². The summed E-state index contributed by atoms with van der Waals surface area (Å²) in [6, 6.07) is 2.20. The first-order chi connectivity index (χ1) is 9.04. The molecule has 1 aromatic rings. The van der Waals surface area contributed by atoms with Crippen LogP contribution in [0.15, 0.2) is 22.8 Å². The van der Waals surface area contributed by atoms with Crippen LogP contribution in [0.1, 0.15) is 30.3 Å². The Morgan fingerprint density at radius 2 is 2.16 bits per heavy atom. The minimum atomic E-state index is -1.07. The van der Waals surface area contributed by atoms with E-state index < -0.39 is 23.8 Å². The van der Waals surface area contributed by atoms with Crippen molar-refractivity contribution in [1.82, 2.24) is 10.6 Å². The van der Waals surface area contributed by atoms with Crippen LogP contribution in [0.4, 0.5) is 0 Å². The van der Waals surface area contributed by atoms with Crippen LogP contribution in [-0.2, 0) is 9.59 Å². The molecular weight excluding hydrogens is 252 g/mol. The fourth-order valence-corrected chi connectivity index (χ4v) is 1.39. The third kappa shape index (κ3) is 4.82. The highest BCUT2D eigenvalue weighted by Gasteiger charge is 2.17. The van der Waals surface area contributed by atoms with E-state index in [0.29, 0.717) is 6.42 Å². The van der Waals surface area contributed by atoms with E-state index >= 15 is 0 Å². The normalized spacial score (nSPS) is 11.6. The van der Waals surface area contributed by atoms with Crippen LogP contribution < -0.4 is 10.6 Å². The molecule has 0 bridgehead atoms. The predicted molar refractivity (Wildman–Crippen MR) is 65.5 cm³/mol. The molecule has 1 atom stereocenters. The highest BCUT2D eigenvalue weighted by atomic mass is 16.4. The highest BCUT2D eigenvalue weighted by molar-refractivity contribution is 5.91. The molecule has 104 valence electrons. The maximum atomic E-state index is 11.4. The zero-order valence-electron chi connectivity index (χ0n) is 10.5. The Hall–Kier alpha value is -2.31. The van der Waals surface area contributed by atoms with Crippen molar-refractivity contribution in [2.75, 3.05) is 6.54 Å². The Kier molecular flexibility index (Phi) is 5.59. The number of carboxylic acid groups (broad SMARTS) is 1. The van der Waals surface area contributed by atoms with E-state index in [4.69, 9.17) is 9.52 Å². The van der Waals surface area contributed by atoms with Gasteiger partial charge in [0.25, 0.3) is 5.91 Å². The molecular formula is C12H16N2O5. The Morgan fingerprint density at radius 3 is 2.68 bits per heavy atom.